The van der Waals surface area contributed by atoms with Gasteiger partial charge in [0.25, 0.3) is 0 Å². The minimum atomic E-state index is -3.53. The van der Waals surface area contributed by atoms with E-state index in [1.54, 1.807) is 59.5 Å². The Kier molecular flexibility index (Phi) is 6.22. The third-order valence-corrected chi connectivity index (χ3v) is 6.95. The smallest absolute Gasteiger partial charge is 0.246 e. The van der Waals surface area contributed by atoms with E-state index in [0.29, 0.717) is 23.1 Å². The number of carbonyl (C=O) groups is 1. The number of benzene rings is 2. The second-order valence-electron chi connectivity index (χ2n) is 6.05. The van der Waals surface area contributed by atoms with E-state index in [0.717, 1.165) is 5.56 Å². The van der Waals surface area contributed by atoms with Gasteiger partial charge in [0.15, 0.2) is 0 Å². The minimum absolute atomic E-state index is 0.169. The summed E-state index contributed by atoms with van der Waals surface area (Å²) in [7, 11) is -3.53. The van der Waals surface area contributed by atoms with Gasteiger partial charge in [0.1, 0.15) is 0 Å². The Morgan fingerprint density at radius 3 is 2.22 bits per heavy atom. The maximum absolute atomic E-state index is 12.6. The molecule has 0 bridgehead atoms. The summed E-state index contributed by atoms with van der Waals surface area (Å²) in [4.78, 5) is 14.3. The molecule has 2 aromatic rings. The van der Waals surface area contributed by atoms with Gasteiger partial charge in [0.05, 0.1) is 14.9 Å². The molecule has 27 heavy (non-hydrogen) atoms. The first-order chi connectivity index (χ1) is 12.9. The highest BCUT2D eigenvalue weighted by Crippen LogP contribution is 2.23. The van der Waals surface area contributed by atoms with Crippen LogP contribution in [0.5, 0.6) is 0 Å². The van der Waals surface area contributed by atoms with Crippen molar-refractivity contribution in [2.45, 2.75) is 4.90 Å². The van der Waals surface area contributed by atoms with Gasteiger partial charge in [-0.25, -0.2) is 8.42 Å². The van der Waals surface area contributed by atoms with Gasteiger partial charge in [-0.05, 0) is 35.9 Å². The van der Waals surface area contributed by atoms with Gasteiger partial charge in [-0.15, -0.1) is 0 Å². The molecule has 0 aromatic heterocycles. The molecular weight excluding hydrogens is 407 g/mol. The van der Waals surface area contributed by atoms with E-state index in [-0.39, 0.29) is 23.9 Å². The first kappa shape index (κ1) is 19.9. The van der Waals surface area contributed by atoms with Crippen molar-refractivity contribution < 1.29 is 13.2 Å². The molecular formula is C19H18Cl2N2O3S. The molecule has 8 heteroatoms. The van der Waals surface area contributed by atoms with Crippen LogP contribution in [0.4, 0.5) is 0 Å². The van der Waals surface area contributed by atoms with Crippen LogP contribution in [0.25, 0.3) is 6.08 Å². The zero-order valence-electron chi connectivity index (χ0n) is 14.4. The molecule has 1 aliphatic rings. The average molecular weight is 425 g/mol. The summed E-state index contributed by atoms with van der Waals surface area (Å²) in [6.45, 7) is 1.22. The number of amides is 1. The number of hydrogen-bond acceptors (Lipinski definition) is 3. The topological polar surface area (TPSA) is 57.7 Å². The number of hydrogen-bond donors (Lipinski definition) is 0. The van der Waals surface area contributed by atoms with E-state index < -0.39 is 10.0 Å². The summed E-state index contributed by atoms with van der Waals surface area (Å²) in [5.41, 5.74) is 0.767. The lowest BCUT2D eigenvalue weighted by Gasteiger charge is -2.33. The van der Waals surface area contributed by atoms with Crippen LogP contribution < -0.4 is 0 Å². The molecule has 1 heterocycles. The fourth-order valence-electron chi connectivity index (χ4n) is 2.78. The monoisotopic (exact) mass is 424 g/mol. The normalized spacial score (nSPS) is 16.0. The number of carbonyl (C=O) groups excluding carboxylic acids is 1. The van der Waals surface area contributed by atoms with Crippen LogP contribution in [0.15, 0.2) is 59.5 Å². The summed E-state index contributed by atoms with van der Waals surface area (Å²) in [6, 6.07) is 13.4. The van der Waals surface area contributed by atoms with E-state index in [2.05, 4.69) is 0 Å². The quantitative estimate of drug-likeness (QED) is 0.705. The SMILES string of the molecule is O=C(/C=C/c1ccc(Cl)c(Cl)c1)N1CCN(S(=O)(=O)c2ccccc2)CC1. The van der Waals surface area contributed by atoms with Crippen molar-refractivity contribution in [3.63, 3.8) is 0 Å². The highest BCUT2D eigenvalue weighted by Gasteiger charge is 2.29. The van der Waals surface area contributed by atoms with Gasteiger partial charge < -0.3 is 4.90 Å². The van der Waals surface area contributed by atoms with Crippen LogP contribution in [-0.4, -0.2) is 49.7 Å². The third kappa shape index (κ3) is 4.71. The number of rotatable bonds is 4. The fourth-order valence-corrected chi connectivity index (χ4v) is 4.53. The molecule has 2 aromatic carbocycles. The van der Waals surface area contributed by atoms with Crippen molar-refractivity contribution in [2.75, 3.05) is 26.2 Å². The summed E-state index contributed by atoms with van der Waals surface area (Å²) in [6.07, 6.45) is 3.12. The summed E-state index contributed by atoms with van der Waals surface area (Å²) in [5.74, 6) is -0.169. The van der Waals surface area contributed by atoms with E-state index in [9.17, 15) is 13.2 Å². The largest absolute Gasteiger partial charge is 0.337 e. The van der Waals surface area contributed by atoms with Gasteiger partial charge in [-0.2, -0.15) is 4.31 Å². The predicted octanol–water partition coefficient (Wildman–Crippen LogP) is 3.54. The standard InChI is InChI=1S/C19H18Cl2N2O3S/c20-17-8-6-15(14-18(17)21)7-9-19(24)22-10-12-23(13-11-22)27(25,26)16-4-2-1-3-5-16/h1-9,14H,10-13H2/b9-7+. The van der Waals surface area contributed by atoms with Crippen LogP contribution >= 0.6 is 23.2 Å². The zero-order chi connectivity index (χ0) is 19.4. The molecule has 0 N–H and O–H groups in total. The molecule has 1 amide bonds. The number of sulfonamides is 1. The number of halogens is 2. The Labute approximate surface area is 168 Å². The summed E-state index contributed by atoms with van der Waals surface area (Å²) in [5, 5.41) is 0.877. The molecule has 0 saturated carbocycles. The molecule has 142 valence electrons. The Balaban J connectivity index is 1.61. The van der Waals surface area contributed by atoms with Gasteiger partial charge in [-0.3, -0.25) is 4.79 Å². The van der Waals surface area contributed by atoms with E-state index in [1.807, 2.05) is 0 Å². The Hall–Kier alpha value is -1.86. The maximum atomic E-state index is 12.6. The maximum Gasteiger partial charge on any atom is 0.246 e. The molecule has 1 saturated heterocycles. The molecule has 0 spiro atoms. The van der Waals surface area contributed by atoms with Gasteiger partial charge in [-0.1, -0.05) is 47.5 Å². The third-order valence-electron chi connectivity index (χ3n) is 4.29. The van der Waals surface area contributed by atoms with E-state index in [1.165, 1.54) is 10.4 Å². The van der Waals surface area contributed by atoms with Gasteiger partial charge in [0.2, 0.25) is 15.9 Å². The molecule has 0 unspecified atom stereocenters. The molecule has 1 aliphatic heterocycles. The fraction of sp³-hybridized carbons (Fsp3) is 0.211. The number of piperazine rings is 1. The van der Waals surface area contributed by atoms with Gasteiger partial charge >= 0.3 is 0 Å². The van der Waals surface area contributed by atoms with Crippen molar-refractivity contribution in [3.05, 3.63) is 70.2 Å². The second-order valence-corrected chi connectivity index (χ2v) is 8.80. The lowest BCUT2D eigenvalue weighted by Crippen LogP contribution is -2.50. The number of nitrogens with zero attached hydrogens (tertiary/aromatic N) is 2. The summed E-state index contributed by atoms with van der Waals surface area (Å²) < 4.78 is 26.6. The molecule has 1 fully saturated rings. The van der Waals surface area contributed by atoms with Gasteiger partial charge in [0, 0.05) is 32.3 Å². The lowest BCUT2D eigenvalue weighted by atomic mass is 10.2. The Bertz CT molecular complexity index is 954. The zero-order valence-corrected chi connectivity index (χ0v) is 16.7. The van der Waals surface area contributed by atoms with Crippen LogP contribution in [0.2, 0.25) is 10.0 Å². The van der Waals surface area contributed by atoms with Crippen LogP contribution in [0.3, 0.4) is 0 Å². The second kappa shape index (κ2) is 8.44. The van der Waals surface area contributed by atoms with Crippen molar-refractivity contribution >= 4 is 45.2 Å². The summed E-state index contributed by atoms with van der Waals surface area (Å²) >= 11 is 11.8. The molecule has 0 aliphatic carbocycles. The molecule has 0 atom stereocenters. The first-order valence-electron chi connectivity index (χ1n) is 8.35. The van der Waals surface area contributed by atoms with Crippen LogP contribution in [0, 0.1) is 0 Å². The minimum Gasteiger partial charge on any atom is -0.337 e. The van der Waals surface area contributed by atoms with Crippen molar-refractivity contribution in [1.82, 2.24) is 9.21 Å². The first-order valence-corrected chi connectivity index (χ1v) is 10.5. The highest BCUT2D eigenvalue weighted by atomic mass is 35.5. The van der Waals surface area contributed by atoms with Crippen molar-refractivity contribution in [2.24, 2.45) is 0 Å². The van der Waals surface area contributed by atoms with Crippen molar-refractivity contribution in [1.29, 1.82) is 0 Å². The van der Waals surface area contributed by atoms with E-state index in [4.69, 9.17) is 23.2 Å². The molecule has 3 rings (SSSR count). The Morgan fingerprint density at radius 1 is 0.926 bits per heavy atom. The van der Waals surface area contributed by atoms with E-state index >= 15 is 0 Å². The lowest BCUT2D eigenvalue weighted by molar-refractivity contribution is -0.127. The molecule has 0 radical (unpaired) electrons. The Morgan fingerprint density at radius 2 is 1.59 bits per heavy atom. The average Bonchev–Trinajstić information content (AvgIpc) is 2.69. The van der Waals surface area contributed by atoms with Crippen LogP contribution in [0.1, 0.15) is 5.56 Å². The highest BCUT2D eigenvalue weighted by molar-refractivity contribution is 7.89. The predicted molar refractivity (Wildman–Crippen MR) is 107 cm³/mol. The van der Waals surface area contributed by atoms with Crippen molar-refractivity contribution in [3.8, 4) is 0 Å². The van der Waals surface area contributed by atoms with Crippen LogP contribution in [-0.2, 0) is 14.8 Å². The molecule has 5 nitrogen and oxygen atoms in total.